The fraction of sp³-hybridized carbons (Fsp3) is 0.261. The van der Waals surface area contributed by atoms with Gasteiger partial charge in [-0.1, -0.05) is 60.7 Å². The summed E-state index contributed by atoms with van der Waals surface area (Å²) in [6.07, 6.45) is 1.63. The lowest BCUT2D eigenvalue weighted by molar-refractivity contribution is -0.167. The molecule has 0 saturated carbocycles. The summed E-state index contributed by atoms with van der Waals surface area (Å²) in [5.74, 6) is 0.796. The van der Waals surface area contributed by atoms with Gasteiger partial charge in [0.15, 0.2) is 23.6 Å². The molecule has 4 rings (SSSR count). The van der Waals surface area contributed by atoms with E-state index in [0.29, 0.717) is 49.0 Å². The fourth-order valence-electron chi connectivity index (χ4n) is 3.06. The highest BCUT2D eigenvalue weighted by molar-refractivity contribution is 5.80. The highest BCUT2D eigenvalue weighted by Gasteiger charge is 2.14. The van der Waals surface area contributed by atoms with E-state index < -0.39 is 6.29 Å². The largest absolute Gasteiger partial charge is 0.382 e. The Morgan fingerprint density at radius 2 is 1.52 bits per heavy atom. The van der Waals surface area contributed by atoms with Crippen molar-refractivity contribution in [2.45, 2.75) is 32.5 Å². The van der Waals surface area contributed by atoms with Crippen LogP contribution in [0, 0.1) is 0 Å². The molecule has 0 fully saturated rings. The van der Waals surface area contributed by atoms with Gasteiger partial charge in [0, 0.05) is 6.42 Å². The first kappa shape index (κ1) is 20.9. The number of nitrogens with one attached hydrogen (secondary N) is 1. The van der Waals surface area contributed by atoms with E-state index in [-0.39, 0.29) is 6.61 Å². The Morgan fingerprint density at radius 3 is 2.26 bits per heavy atom. The predicted molar refractivity (Wildman–Crippen MR) is 117 cm³/mol. The second-order valence-corrected chi connectivity index (χ2v) is 6.99. The second-order valence-electron chi connectivity index (χ2n) is 6.99. The van der Waals surface area contributed by atoms with Crippen molar-refractivity contribution in [1.82, 2.24) is 19.9 Å². The fourth-order valence-corrected chi connectivity index (χ4v) is 3.06. The Kier molecular flexibility index (Phi) is 7.17. The number of benzene rings is 2. The molecule has 2 heterocycles. The van der Waals surface area contributed by atoms with E-state index >= 15 is 0 Å². The van der Waals surface area contributed by atoms with E-state index in [9.17, 15) is 0 Å². The number of anilines is 1. The number of H-pyrrole nitrogens is 1. The van der Waals surface area contributed by atoms with Crippen LogP contribution < -0.4 is 5.73 Å². The van der Waals surface area contributed by atoms with Crippen molar-refractivity contribution in [2.24, 2.45) is 0 Å². The first-order valence-corrected chi connectivity index (χ1v) is 10.1. The molecular formula is C23H25N5O3. The van der Waals surface area contributed by atoms with E-state index in [1.54, 1.807) is 0 Å². The van der Waals surface area contributed by atoms with E-state index in [1.807, 2.05) is 60.7 Å². The Bertz CT molecular complexity index is 1070. The summed E-state index contributed by atoms with van der Waals surface area (Å²) in [5, 5.41) is 0. The molecule has 0 spiro atoms. The minimum absolute atomic E-state index is 0.158. The number of aromatic nitrogens is 4. The molecule has 1 atom stereocenters. The van der Waals surface area contributed by atoms with Crippen molar-refractivity contribution in [3.63, 3.8) is 0 Å². The van der Waals surface area contributed by atoms with Crippen molar-refractivity contribution < 1.29 is 14.2 Å². The minimum Gasteiger partial charge on any atom is -0.382 e. The SMILES string of the molecule is Nc1nc(COC(CCOCc2ccccc2)OCc2ccccc2)nc2nc[nH]c12. The van der Waals surface area contributed by atoms with Crippen LogP contribution in [0.4, 0.5) is 5.82 Å². The Morgan fingerprint density at radius 1 is 0.839 bits per heavy atom. The highest BCUT2D eigenvalue weighted by atomic mass is 16.7. The lowest BCUT2D eigenvalue weighted by atomic mass is 10.2. The van der Waals surface area contributed by atoms with Gasteiger partial charge in [0.1, 0.15) is 12.1 Å². The third kappa shape index (κ3) is 6.08. The summed E-state index contributed by atoms with van der Waals surface area (Å²) in [4.78, 5) is 15.7. The number of imidazole rings is 1. The van der Waals surface area contributed by atoms with Gasteiger partial charge in [-0.05, 0) is 11.1 Å². The lowest BCUT2D eigenvalue weighted by Gasteiger charge is -2.18. The van der Waals surface area contributed by atoms with Crippen LogP contribution in [-0.2, 0) is 34.0 Å². The smallest absolute Gasteiger partial charge is 0.183 e. The number of nitrogen functional groups attached to an aromatic ring is 1. The number of fused-ring (bicyclic) bond motifs is 1. The molecule has 8 nitrogen and oxygen atoms in total. The maximum Gasteiger partial charge on any atom is 0.183 e. The van der Waals surface area contributed by atoms with Gasteiger partial charge in [-0.3, -0.25) is 0 Å². The molecular weight excluding hydrogens is 394 g/mol. The summed E-state index contributed by atoms with van der Waals surface area (Å²) < 4.78 is 17.8. The van der Waals surface area contributed by atoms with Crippen molar-refractivity contribution in [3.05, 3.63) is 83.9 Å². The van der Waals surface area contributed by atoms with E-state index in [2.05, 4.69) is 19.9 Å². The normalized spacial score (nSPS) is 12.3. The van der Waals surface area contributed by atoms with Crippen LogP contribution >= 0.6 is 0 Å². The van der Waals surface area contributed by atoms with Crippen LogP contribution in [0.5, 0.6) is 0 Å². The monoisotopic (exact) mass is 419 g/mol. The summed E-state index contributed by atoms with van der Waals surface area (Å²) in [5.41, 5.74) is 9.30. The maximum atomic E-state index is 5.99. The number of hydrogen-bond acceptors (Lipinski definition) is 7. The van der Waals surface area contributed by atoms with Crippen LogP contribution in [-0.4, -0.2) is 32.8 Å². The Labute approximate surface area is 180 Å². The first-order valence-electron chi connectivity index (χ1n) is 10.1. The van der Waals surface area contributed by atoms with E-state index in [4.69, 9.17) is 19.9 Å². The molecule has 0 aliphatic heterocycles. The molecule has 0 amide bonds. The molecule has 3 N–H and O–H groups in total. The second kappa shape index (κ2) is 10.6. The summed E-state index contributed by atoms with van der Waals surface area (Å²) >= 11 is 0. The molecule has 2 aromatic carbocycles. The van der Waals surface area contributed by atoms with Gasteiger partial charge in [-0.15, -0.1) is 0 Å². The van der Waals surface area contributed by atoms with Gasteiger partial charge in [-0.2, -0.15) is 0 Å². The molecule has 0 radical (unpaired) electrons. The van der Waals surface area contributed by atoms with Crippen LogP contribution in [0.2, 0.25) is 0 Å². The molecule has 8 heteroatoms. The molecule has 0 aliphatic rings. The zero-order valence-electron chi connectivity index (χ0n) is 17.1. The van der Waals surface area contributed by atoms with Crippen LogP contribution in [0.1, 0.15) is 23.4 Å². The van der Waals surface area contributed by atoms with Crippen LogP contribution in [0.25, 0.3) is 11.2 Å². The maximum absolute atomic E-state index is 5.99. The Hall–Kier alpha value is -3.33. The number of hydrogen-bond donors (Lipinski definition) is 2. The molecule has 4 aromatic rings. The van der Waals surface area contributed by atoms with Gasteiger partial charge in [0.2, 0.25) is 0 Å². The quantitative estimate of drug-likeness (QED) is 0.282. The molecule has 2 aromatic heterocycles. The summed E-state index contributed by atoms with van der Waals surface area (Å²) in [6.45, 7) is 1.63. The minimum atomic E-state index is -0.476. The summed E-state index contributed by atoms with van der Waals surface area (Å²) in [7, 11) is 0. The van der Waals surface area contributed by atoms with Gasteiger partial charge in [0.05, 0.1) is 26.1 Å². The standard InChI is InChI=1S/C23H25N5O3/c24-22-21-23(26-16-25-21)28-19(27-22)15-31-20(30-14-18-9-5-2-6-10-18)11-12-29-13-17-7-3-1-4-8-17/h1-10,16,20H,11-15H2,(H3,24,25,26,27,28). The molecule has 0 aliphatic carbocycles. The number of nitrogens with zero attached hydrogens (tertiary/aromatic N) is 3. The van der Waals surface area contributed by atoms with Crippen LogP contribution in [0.3, 0.4) is 0 Å². The van der Waals surface area contributed by atoms with Crippen molar-refractivity contribution in [3.8, 4) is 0 Å². The molecule has 31 heavy (non-hydrogen) atoms. The average Bonchev–Trinajstić information content (AvgIpc) is 3.29. The number of ether oxygens (including phenoxy) is 3. The van der Waals surface area contributed by atoms with Crippen molar-refractivity contribution in [1.29, 1.82) is 0 Å². The molecule has 0 saturated heterocycles. The first-order chi connectivity index (χ1) is 15.3. The van der Waals surface area contributed by atoms with E-state index in [1.165, 1.54) is 6.33 Å². The Balaban J connectivity index is 1.33. The zero-order chi connectivity index (χ0) is 21.3. The zero-order valence-corrected chi connectivity index (χ0v) is 17.1. The van der Waals surface area contributed by atoms with Gasteiger partial charge in [-0.25, -0.2) is 15.0 Å². The molecule has 160 valence electrons. The number of nitrogens with two attached hydrogens (primary N) is 1. The van der Waals surface area contributed by atoms with Gasteiger partial charge in [0.25, 0.3) is 0 Å². The van der Waals surface area contributed by atoms with Gasteiger partial charge < -0.3 is 24.9 Å². The highest BCUT2D eigenvalue weighted by Crippen LogP contribution is 2.15. The van der Waals surface area contributed by atoms with E-state index in [0.717, 1.165) is 11.1 Å². The molecule has 1 unspecified atom stereocenters. The number of rotatable bonds is 11. The van der Waals surface area contributed by atoms with Crippen LogP contribution in [0.15, 0.2) is 67.0 Å². The summed E-state index contributed by atoms with van der Waals surface area (Å²) in [6, 6.07) is 20.0. The van der Waals surface area contributed by atoms with Crippen molar-refractivity contribution in [2.75, 3.05) is 12.3 Å². The lowest BCUT2D eigenvalue weighted by Crippen LogP contribution is -2.20. The average molecular weight is 419 g/mol. The third-order valence-corrected chi connectivity index (χ3v) is 4.65. The predicted octanol–water partition coefficient (Wildman–Crippen LogP) is 3.60. The number of aromatic amines is 1. The topological polar surface area (TPSA) is 108 Å². The van der Waals surface area contributed by atoms with Gasteiger partial charge >= 0.3 is 0 Å². The molecule has 0 bridgehead atoms. The van der Waals surface area contributed by atoms with Crippen molar-refractivity contribution >= 4 is 17.0 Å². The third-order valence-electron chi connectivity index (χ3n) is 4.65.